The molecule has 6 heteroatoms. The molecule has 0 heterocycles. The molecule has 0 amide bonds. The van der Waals surface area contributed by atoms with Crippen molar-refractivity contribution in [2.45, 2.75) is 11.4 Å². The summed E-state index contributed by atoms with van der Waals surface area (Å²) in [5.74, 6) is 0.807. The van der Waals surface area contributed by atoms with Crippen LogP contribution in [0.15, 0.2) is 53.4 Å². The Kier molecular flexibility index (Phi) is 4.26. The summed E-state index contributed by atoms with van der Waals surface area (Å²) >= 11 is 0. The molecule has 0 aliphatic heterocycles. The number of nitrogens with one attached hydrogen (secondary N) is 1. The lowest BCUT2D eigenvalue weighted by Crippen LogP contribution is -2.12. The van der Waals surface area contributed by atoms with Crippen molar-refractivity contribution in [2.75, 3.05) is 12.4 Å². The molecule has 5 nitrogen and oxygen atoms in total. The number of anilines is 1. The van der Waals surface area contributed by atoms with Crippen molar-refractivity contribution in [1.29, 1.82) is 0 Å². The zero-order valence-corrected chi connectivity index (χ0v) is 11.9. The number of nitrogens with two attached hydrogens (primary N) is 1. The largest absolute Gasteiger partial charge is 0.496 e. The molecule has 0 saturated heterocycles. The van der Waals surface area contributed by atoms with Gasteiger partial charge in [-0.1, -0.05) is 18.2 Å². The number of rotatable bonds is 5. The highest BCUT2D eigenvalue weighted by molar-refractivity contribution is 7.89. The van der Waals surface area contributed by atoms with Crippen LogP contribution in [0.4, 0.5) is 5.69 Å². The van der Waals surface area contributed by atoms with Crippen molar-refractivity contribution in [3.63, 3.8) is 0 Å². The third-order valence-electron chi connectivity index (χ3n) is 2.86. The number of benzene rings is 2. The number of methoxy groups -OCH3 is 1. The molecule has 0 aliphatic carbocycles. The van der Waals surface area contributed by atoms with Gasteiger partial charge in [-0.2, -0.15) is 0 Å². The quantitative estimate of drug-likeness (QED) is 0.882. The van der Waals surface area contributed by atoms with Crippen molar-refractivity contribution in [3.05, 3.63) is 54.1 Å². The Balaban J connectivity index is 2.08. The predicted octanol–water partition coefficient (Wildman–Crippen LogP) is 1.95. The molecule has 2 aromatic carbocycles. The average Bonchev–Trinajstić information content (AvgIpc) is 2.45. The second kappa shape index (κ2) is 5.94. The molecule has 2 rings (SSSR count). The first-order valence-corrected chi connectivity index (χ1v) is 7.54. The highest BCUT2D eigenvalue weighted by Crippen LogP contribution is 2.19. The molecular formula is C14H16N2O3S. The third-order valence-corrected chi connectivity index (χ3v) is 3.79. The minimum Gasteiger partial charge on any atom is -0.496 e. The molecule has 0 aliphatic rings. The Morgan fingerprint density at radius 3 is 2.35 bits per heavy atom. The highest BCUT2D eigenvalue weighted by atomic mass is 32.2. The second-order valence-corrected chi connectivity index (χ2v) is 5.80. The lowest BCUT2D eigenvalue weighted by atomic mass is 10.2. The monoisotopic (exact) mass is 292 g/mol. The standard InChI is InChI=1S/C14H16N2O3S/c1-19-14-5-3-2-4-11(14)10-16-12-6-8-13(9-7-12)20(15,17)18/h2-9,16H,10H2,1H3,(H2,15,17,18). The van der Waals surface area contributed by atoms with Gasteiger partial charge in [-0.05, 0) is 30.3 Å². The molecule has 0 saturated carbocycles. The van der Waals surface area contributed by atoms with Crippen LogP contribution in [0.1, 0.15) is 5.56 Å². The van der Waals surface area contributed by atoms with E-state index < -0.39 is 10.0 Å². The van der Waals surface area contributed by atoms with Crippen LogP contribution in [0, 0.1) is 0 Å². The molecule has 0 fully saturated rings. The smallest absolute Gasteiger partial charge is 0.238 e. The van der Waals surface area contributed by atoms with E-state index in [1.54, 1.807) is 19.2 Å². The van der Waals surface area contributed by atoms with Crippen LogP contribution in [0.2, 0.25) is 0 Å². The molecule has 0 radical (unpaired) electrons. The molecule has 20 heavy (non-hydrogen) atoms. The van der Waals surface area contributed by atoms with Crippen molar-refractivity contribution < 1.29 is 13.2 Å². The Labute approximate surface area is 118 Å². The Bertz CT molecular complexity index is 682. The van der Waals surface area contributed by atoms with Gasteiger partial charge in [0.05, 0.1) is 12.0 Å². The van der Waals surface area contributed by atoms with E-state index in [1.807, 2.05) is 24.3 Å². The maximum atomic E-state index is 11.1. The first-order chi connectivity index (χ1) is 9.50. The van der Waals surface area contributed by atoms with Crippen molar-refractivity contribution in [3.8, 4) is 5.75 Å². The van der Waals surface area contributed by atoms with Crippen molar-refractivity contribution >= 4 is 15.7 Å². The second-order valence-electron chi connectivity index (χ2n) is 4.23. The Morgan fingerprint density at radius 2 is 1.75 bits per heavy atom. The van der Waals surface area contributed by atoms with Crippen molar-refractivity contribution in [2.24, 2.45) is 5.14 Å². The molecular weight excluding hydrogens is 276 g/mol. The fourth-order valence-corrected chi connectivity index (χ4v) is 2.32. The van der Waals surface area contributed by atoms with Crippen LogP contribution in [0.25, 0.3) is 0 Å². The normalized spacial score (nSPS) is 11.1. The molecule has 0 aromatic heterocycles. The van der Waals surface area contributed by atoms with E-state index in [0.29, 0.717) is 6.54 Å². The van der Waals surface area contributed by atoms with E-state index in [-0.39, 0.29) is 4.90 Å². The van der Waals surface area contributed by atoms with Crippen LogP contribution in [-0.2, 0) is 16.6 Å². The van der Waals surface area contributed by atoms with Gasteiger partial charge in [0, 0.05) is 17.8 Å². The highest BCUT2D eigenvalue weighted by Gasteiger charge is 2.07. The maximum absolute atomic E-state index is 11.1. The van der Waals surface area contributed by atoms with Crippen LogP contribution in [0.5, 0.6) is 5.75 Å². The van der Waals surface area contributed by atoms with Crippen molar-refractivity contribution in [1.82, 2.24) is 0 Å². The van der Waals surface area contributed by atoms with E-state index in [9.17, 15) is 8.42 Å². The van der Waals surface area contributed by atoms with Crippen LogP contribution < -0.4 is 15.2 Å². The fraction of sp³-hybridized carbons (Fsp3) is 0.143. The average molecular weight is 292 g/mol. The summed E-state index contributed by atoms with van der Waals surface area (Å²) in [6.07, 6.45) is 0. The van der Waals surface area contributed by atoms with E-state index in [0.717, 1.165) is 17.0 Å². The zero-order chi connectivity index (χ0) is 14.6. The first kappa shape index (κ1) is 14.4. The number of ether oxygens (including phenoxy) is 1. The number of hydrogen-bond donors (Lipinski definition) is 2. The minimum atomic E-state index is -3.65. The summed E-state index contributed by atoms with van der Waals surface area (Å²) in [6.45, 7) is 0.582. The lowest BCUT2D eigenvalue weighted by Gasteiger charge is -2.10. The van der Waals surface area contributed by atoms with Gasteiger partial charge < -0.3 is 10.1 Å². The summed E-state index contributed by atoms with van der Waals surface area (Å²) in [5, 5.41) is 8.24. The van der Waals surface area contributed by atoms with Gasteiger partial charge in [-0.3, -0.25) is 0 Å². The Morgan fingerprint density at radius 1 is 1.10 bits per heavy atom. The fourth-order valence-electron chi connectivity index (χ4n) is 1.81. The molecule has 0 atom stereocenters. The number of sulfonamides is 1. The third kappa shape index (κ3) is 3.49. The van der Waals surface area contributed by atoms with Gasteiger partial charge >= 0.3 is 0 Å². The van der Waals surface area contributed by atoms with Crippen LogP contribution >= 0.6 is 0 Å². The molecule has 106 valence electrons. The summed E-state index contributed by atoms with van der Waals surface area (Å²) < 4.78 is 27.6. The number of primary sulfonamides is 1. The van der Waals surface area contributed by atoms with E-state index in [1.165, 1.54) is 12.1 Å². The summed E-state index contributed by atoms with van der Waals surface area (Å²) in [7, 11) is -2.02. The molecule has 0 bridgehead atoms. The van der Waals surface area contributed by atoms with Gasteiger partial charge in [0.25, 0.3) is 0 Å². The van der Waals surface area contributed by atoms with E-state index >= 15 is 0 Å². The maximum Gasteiger partial charge on any atom is 0.238 e. The van der Waals surface area contributed by atoms with Gasteiger partial charge in [0.2, 0.25) is 10.0 Å². The molecule has 0 spiro atoms. The van der Waals surface area contributed by atoms with Crippen LogP contribution in [0.3, 0.4) is 0 Å². The molecule has 3 N–H and O–H groups in total. The minimum absolute atomic E-state index is 0.0975. The summed E-state index contributed by atoms with van der Waals surface area (Å²) in [5.41, 5.74) is 1.83. The predicted molar refractivity (Wildman–Crippen MR) is 78.1 cm³/mol. The van der Waals surface area contributed by atoms with Gasteiger partial charge in [0.15, 0.2) is 0 Å². The van der Waals surface area contributed by atoms with E-state index in [4.69, 9.17) is 9.88 Å². The molecule has 2 aromatic rings. The Hall–Kier alpha value is -2.05. The summed E-state index contributed by atoms with van der Waals surface area (Å²) in [6, 6.07) is 14.0. The zero-order valence-electron chi connectivity index (χ0n) is 11.0. The first-order valence-electron chi connectivity index (χ1n) is 5.99. The van der Waals surface area contributed by atoms with Gasteiger partial charge in [0.1, 0.15) is 5.75 Å². The lowest BCUT2D eigenvalue weighted by molar-refractivity contribution is 0.410. The van der Waals surface area contributed by atoms with Gasteiger partial charge in [-0.25, -0.2) is 13.6 Å². The summed E-state index contributed by atoms with van der Waals surface area (Å²) in [4.78, 5) is 0.0975. The van der Waals surface area contributed by atoms with E-state index in [2.05, 4.69) is 5.32 Å². The van der Waals surface area contributed by atoms with Gasteiger partial charge in [-0.15, -0.1) is 0 Å². The van der Waals surface area contributed by atoms with Crippen LogP contribution in [-0.4, -0.2) is 15.5 Å². The number of para-hydroxylation sites is 1. The number of hydrogen-bond acceptors (Lipinski definition) is 4. The SMILES string of the molecule is COc1ccccc1CNc1ccc(S(N)(=O)=O)cc1. The molecule has 0 unspecified atom stereocenters. The topological polar surface area (TPSA) is 81.4 Å².